The fraction of sp³-hybridized carbons (Fsp3) is 0.833. The molecule has 1 fully saturated rings. The highest BCUT2D eigenvalue weighted by molar-refractivity contribution is 5.26. The number of hydrogen-bond acceptors (Lipinski definition) is 5. The molecule has 2 rings (SSSR count). The third kappa shape index (κ3) is 2.97. The van der Waals surface area contributed by atoms with Crippen LogP contribution in [0.15, 0.2) is 4.52 Å². The lowest BCUT2D eigenvalue weighted by Gasteiger charge is -2.30. The van der Waals surface area contributed by atoms with E-state index in [-0.39, 0.29) is 0 Å². The highest BCUT2D eigenvalue weighted by atomic mass is 16.5. The first-order valence-corrected chi connectivity index (χ1v) is 6.40. The van der Waals surface area contributed by atoms with E-state index in [1.165, 1.54) is 0 Å². The Hall–Kier alpha value is -1.10. The maximum absolute atomic E-state index is 8.91. The van der Waals surface area contributed by atoms with Crippen LogP contribution in [0, 0.1) is 5.92 Å². The zero-order valence-corrected chi connectivity index (χ0v) is 10.6. The number of piperidine rings is 1. The summed E-state index contributed by atoms with van der Waals surface area (Å²) in [4.78, 5) is 6.55. The van der Waals surface area contributed by atoms with Gasteiger partial charge in [0, 0.05) is 25.6 Å². The molecule has 96 valence electrons. The molecule has 0 spiro atoms. The normalized spacial score (nSPS) is 18.0. The van der Waals surface area contributed by atoms with Crippen molar-refractivity contribution in [2.75, 3.05) is 24.6 Å². The molecule has 0 aromatic carbocycles. The Morgan fingerprint density at radius 1 is 1.41 bits per heavy atom. The summed E-state index contributed by atoms with van der Waals surface area (Å²) in [6, 6.07) is 0.649. The molecule has 5 heteroatoms. The van der Waals surface area contributed by atoms with Gasteiger partial charge in [0.15, 0.2) is 5.82 Å². The molecule has 1 N–H and O–H groups in total. The van der Waals surface area contributed by atoms with E-state index in [2.05, 4.69) is 28.9 Å². The highest BCUT2D eigenvalue weighted by Crippen LogP contribution is 2.24. The van der Waals surface area contributed by atoms with Gasteiger partial charge in [0.1, 0.15) is 0 Å². The van der Waals surface area contributed by atoms with Crippen LogP contribution in [0.5, 0.6) is 0 Å². The lowest BCUT2D eigenvalue weighted by Crippen LogP contribution is -2.34. The quantitative estimate of drug-likeness (QED) is 0.868. The SMILES string of the molecule is CC(C)c1noc(N2CCC(CCO)CC2)n1. The third-order valence-corrected chi connectivity index (χ3v) is 3.37. The van der Waals surface area contributed by atoms with Crippen molar-refractivity contribution in [1.82, 2.24) is 10.1 Å². The van der Waals surface area contributed by atoms with Crippen molar-refractivity contribution >= 4 is 6.01 Å². The molecule has 0 saturated carbocycles. The summed E-state index contributed by atoms with van der Waals surface area (Å²) >= 11 is 0. The van der Waals surface area contributed by atoms with Gasteiger partial charge >= 0.3 is 6.01 Å². The summed E-state index contributed by atoms with van der Waals surface area (Å²) in [5, 5.41) is 12.9. The average molecular weight is 239 g/mol. The molecule has 1 aliphatic heterocycles. The van der Waals surface area contributed by atoms with Gasteiger partial charge in [0.05, 0.1) is 0 Å². The van der Waals surface area contributed by atoms with Crippen LogP contribution in [0.25, 0.3) is 0 Å². The van der Waals surface area contributed by atoms with E-state index in [4.69, 9.17) is 9.63 Å². The van der Waals surface area contributed by atoms with Crippen LogP contribution in [-0.2, 0) is 0 Å². The van der Waals surface area contributed by atoms with Gasteiger partial charge in [-0.05, 0) is 25.2 Å². The molecule has 0 amide bonds. The number of rotatable bonds is 4. The molecule has 0 aliphatic carbocycles. The molecule has 0 bridgehead atoms. The molecule has 17 heavy (non-hydrogen) atoms. The highest BCUT2D eigenvalue weighted by Gasteiger charge is 2.23. The first-order valence-electron chi connectivity index (χ1n) is 6.40. The largest absolute Gasteiger partial charge is 0.396 e. The van der Waals surface area contributed by atoms with Gasteiger partial charge in [0.25, 0.3) is 0 Å². The van der Waals surface area contributed by atoms with Gasteiger partial charge < -0.3 is 14.5 Å². The maximum atomic E-state index is 8.91. The number of aromatic nitrogens is 2. The summed E-state index contributed by atoms with van der Waals surface area (Å²) in [6.45, 7) is 6.31. The summed E-state index contributed by atoms with van der Waals surface area (Å²) < 4.78 is 5.28. The Labute approximate surface area is 102 Å². The third-order valence-electron chi connectivity index (χ3n) is 3.37. The Balaban J connectivity index is 1.91. The van der Waals surface area contributed by atoms with Crippen LogP contribution in [0.2, 0.25) is 0 Å². The lowest BCUT2D eigenvalue weighted by atomic mass is 9.94. The van der Waals surface area contributed by atoms with Crippen LogP contribution in [0.3, 0.4) is 0 Å². The van der Waals surface area contributed by atoms with Crippen molar-refractivity contribution < 1.29 is 9.63 Å². The van der Waals surface area contributed by atoms with Crippen LogP contribution < -0.4 is 4.90 Å². The van der Waals surface area contributed by atoms with Gasteiger partial charge in [-0.3, -0.25) is 0 Å². The fourth-order valence-corrected chi connectivity index (χ4v) is 2.18. The van der Waals surface area contributed by atoms with Crippen molar-refractivity contribution in [3.05, 3.63) is 5.82 Å². The molecule has 0 atom stereocenters. The minimum Gasteiger partial charge on any atom is -0.396 e. The molecule has 1 aliphatic rings. The molecule has 1 aromatic rings. The fourth-order valence-electron chi connectivity index (χ4n) is 2.18. The second-order valence-electron chi connectivity index (χ2n) is 5.03. The Bertz CT molecular complexity index is 343. The molecule has 0 unspecified atom stereocenters. The number of hydrogen-bond donors (Lipinski definition) is 1. The van der Waals surface area contributed by atoms with E-state index in [1.807, 2.05) is 0 Å². The van der Waals surface area contributed by atoms with Crippen molar-refractivity contribution in [3.63, 3.8) is 0 Å². The monoisotopic (exact) mass is 239 g/mol. The smallest absolute Gasteiger partial charge is 0.324 e. The van der Waals surface area contributed by atoms with E-state index in [9.17, 15) is 0 Å². The zero-order chi connectivity index (χ0) is 12.3. The Kier molecular flexibility index (Phi) is 3.99. The molecule has 5 nitrogen and oxygen atoms in total. The standard InChI is InChI=1S/C12H21N3O2/c1-9(2)11-13-12(17-14-11)15-6-3-10(4-7-15)5-8-16/h9-10,16H,3-8H2,1-2H3. The van der Waals surface area contributed by atoms with Gasteiger partial charge in [-0.1, -0.05) is 19.0 Å². The van der Waals surface area contributed by atoms with Crippen molar-refractivity contribution in [1.29, 1.82) is 0 Å². The Morgan fingerprint density at radius 2 is 2.12 bits per heavy atom. The van der Waals surface area contributed by atoms with Gasteiger partial charge in [-0.2, -0.15) is 4.98 Å². The molecule has 1 aromatic heterocycles. The summed E-state index contributed by atoms with van der Waals surface area (Å²) in [7, 11) is 0. The van der Waals surface area contributed by atoms with E-state index in [0.717, 1.165) is 38.2 Å². The van der Waals surface area contributed by atoms with E-state index in [0.29, 0.717) is 24.5 Å². The number of aliphatic hydroxyl groups excluding tert-OH is 1. The van der Waals surface area contributed by atoms with E-state index < -0.39 is 0 Å². The first-order chi connectivity index (χ1) is 8.20. The van der Waals surface area contributed by atoms with Crippen LogP contribution in [0.1, 0.15) is 44.9 Å². The first kappa shape index (κ1) is 12.4. The Morgan fingerprint density at radius 3 is 2.65 bits per heavy atom. The van der Waals surface area contributed by atoms with Crippen LogP contribution in [0.4, 0.5) is 6.01 Å². The number of anilines is 1. The summed E-state index contributed by atoms with van der Waals surface area (Å²) in [6.07, 6.45) is 3.11. The van der Waals surface area contributed by atoms with Crippen LogP contribution in [-0.4, -0.2) is 34.9 Å². The van der Waals surface area contributed by atoms with Gasteiger partial charge in [-0.15, -0.1) is 0 Å². The predicted octanol–water partition coefficient (Wildman–Crippen LogP) is 1.79. The van der Waals surface area contributed by atoms with E-state index >= 15 is 0 Å². The second-order valence-corrected chi connectivity index (χ2v) is 5.03. The molecule has 1 saturated heterocycles. The summed E-state index contributed by atoms with van der Waals surface area (Å²) in [5.74, 6) is 1.72. The van der Waals surface area contributed by atoms with Gasteiger partial charge in [-0.25, -0.2) is 0 Å². The second kappa shape index (κ2) is 5.49. The molecular formula is C12H21N3O2. The minimum atomic E-state index is 0.294. The predicted molar refractivity (Wildman–Crippen MR) is 65.0 cm³/mol. The number of aliphatic hydroxyl groups is 1. The van der Waals surface area contributed by atoms with Crippen molar-refractivity contribution in [2.24, 2.45) is 5.92 Å². The van der Waals surface area contributed by atoms with Crippen LogP contribution >= 0.6 is 0 Å². The van der Waals surface area contributed by atoms with E-state index in [1.54, 1.807) is 0 Å². The number of nitrogens with zero attached hydrogens (tertiary/aromatic N) is 3. The molecule has 2 heterocycles. The topological polar surface area (TPSA) is 62.4 Å². The van der Waals surface area contributed by atoms with Crippen molar-refractivity contribution in [2.45, 2.75) is 39.0 Å². The maximum Gasteiger partial charge on any atom is 0.324 e. The summed E-state index contributed by atoms with van der Waals surface area (Å²) in [5.41, 5.74) is 0. The molecular weight excluding hydrogens is 218 g/mol. The minimum absolute atomic E-state index is 0.294. The zero-order valence-electron chi connectivity index (χ0n) is 10.6. The average Bonchev–Trinajstić information content (AvgIpc) is 2.80. The molecule has 0 radical (unpaired) electrons. The lowest BCUT2D eigenvalue weighted by molar-refractivity contribution is 0.238. The van der Waals surface area contributed by atoms with Gasteiger partial charge in [0.2, 0.25) is 0 Å². The van der Waals surface area contributed by atoms with Crippen molar-refractivity contribution in [3.8, 4) is 0 Å².